The molecule has 1 aromatic heterocycles. The molecule has 9 nitrogen and oxygen atoms in total. The average molecular weight is 395 g/mol. The lowest BCUT2D eigenvalue weighted by Crippen LogP contribution is -2.44. The summed E-state index contributed by atoms with van der Waals surface area (Å²) in [5.74, 6) is 1.67. The maximum atomic E-state index is 12.4. The van der Waals surface area contributed by atoms with E-state index < -0.39 is 10.0 Å². The molecular weight excluding hydrogens is 370 g/mol. The van der Waals surface area contributed by atoms with Crippen molar-refractivity contribution in [2.24, 2.45) is 0 Å². The molecule has 0 amide bonds. The average Bonchev–Trinajstić information content (AvgIpc) is 3.11. The van der Waals surface area contributed by atoms with Gasteiger partial charge >= 0.3 is 0 Å². The van der Waals surface area contributed by atoms with Crippen LogP contribution in [0, 0.1) is 0 Å². The Kier molecular flexibility index (Phi) is 6.42. The van der Waals surface area contributed by atoms with Crippen molar-refractivity contribution in [3.63, 3.8) is 0 Å². The topological polar surface area (TPSA) is 110 Å². The zero-order chi connectivity index (χ0) is 19.3. The van der Waals surface area contributed by atoms with E-state index in [-0.39, 0.29) is 17.5 Å². The number of ether oxygens (including phenoxy) is 1. The summed E-state index contributed by atoms with van der Waals surface area (Å²) >= 11 is 0. The fraction of sp³-hybridized carbons (Fsp3) is 0.529. The maximum absolute atomic E-state index is 12.4. The van der Waals surface area contributed by atoms with Crippen LogP contribution < -0.4 is 14.8 Å². The lowest BCUT2D eigenvalue weighted by atomic mass is 10.2. The van der Waals surface area contributed by atoms with Gasteiger partial charge in [0, 0.05) is 32.6 Å². The van der Waals surface area contributed by atoms with E-state index in [2.05, 4.69) is 25.1 Å². The van der Waals surface area contributed by atoms with Crippen molar-refractivity contribution < 1.29 is 17.7 Å². The highest BCUT2D eigenvalue weighted by Crippen LogP contribution is 2.18. The maximum Gasteiger partial charge on any atom is 0.240 e. The lowest BCUT2D eigenvalue weighted by Gasteiger charge is -2.30. The number of hydrogen-bond acceptors (Lipinski definition) is 8. The lowest BCUT2D eigenvalue weighted by molar-refractivity contribution is 0.190. The van der Waals surface area contributed by atoms with Gasteiger partial charge in [-0.1, -0.05) is 5.16 Å². The van der Waals surface area contributed by atoms with Gasteiger partial charge in [-0.15, -0.1) is 0 Å². The fourth-order valence-electron chi connectivity index (χ4n) is 2.86. The van der Waals surface area contributed by atoms with Gasteiger partial charge < -0.3 is 14.6 Å². The highest BCUT2D eigenvalue weighted by Gasteiger charge is 2.25. The van der Waals surface area contributed by atoms with E-state index >= 15 is 0 Å². The molecule has 0 aliphatic carbocycles. The number of hydrogen-bond donors (Lipinski definition) is 2. The third-order valence-electron chi connectivity index (χ3n) is 4.37. The molecule has 1 fully saturated rings. The molecule has 1 unspecified atom stereocenters. The first-order valence-corrected chi connectivity index (χ1v) is 10.4. The van der Waals surface area contributed by atoms with Crippen LogP contribution in [0.5, 0.6) is 5.75 Å². The third kappa shape index (κ3) is 5.04. The minimum absolute atomic E-state index is 0.0665. The second kappa shape index (κ2) is 8.79. The normalized spacial score (nSPS) is 18.5. The van der Waals surface area contributed by atoms with Crippen molar-refractivity contribution in [3.8, 4) is 5.75 Å². The summed E-state index contributed by atoms with van der Waals surface area (Å²) in [6.45, 7) is 5.19. The Labute approximate surface area is 159 Å². The zero-order valence-corrected chi connectivity index (χ0v) is 16.3. The van der Waals surface area contributed by atoms with Crippen molar-refractivity contribution in [2.75, 3.05) is 39.8 Å². The molecule has 0 spiro atoms. The molecule has 1 aliphatic heterocycles. The van der Waals surface area contributed by atoms with E-state index in [1.807, 2.05) is 14.0 Å². The summed E-state index contributed by atoms with van der Waals surface area (Å²) in [5.41, 5.74) is 0. The second-order valence-electron chi connectivity index (χ2n) is 6.30. The molecule has 3 rings (SSSR count). The molecule has 1 atom stereocenters. The molecule has 0 bridgehead atoms. The van der Waals surface area contributed by atoms with Crippen LogP contribution in [-0.2, 0) is 16.4 Å². The first-order chi connectivity index (χ1) is 13.0. The first-order valence-electron chi connectivity index (χ1n) is 8.95. The molecule has 1 aliphatic rings. The molecule has 2 aromatic rings. The van der Waals surface area contributed by atoms with Gasteiger partial charge in [-0.2, -0.15) is 4.98 Å². The number of aromatic nitrogens is 2. The molecule has 2 N–H and O–H groups in total. The fourth-order valence-corrected chi connectivity index (χ4v) is 3.89. The summed E-state index contributed by atoms with van der Waals surface area (Å²) in [6, 6.07) is 6.37. The highest BCUT2D eigenvalue weighted by atomic mass is 32.2. The van der Waals surface area contributed by atoms with Crippen molar-refractivity contribution in [1.82, 2.24) is 25.1 Å². The van der Waals surface area contributed by atoms with E-state index in [0.717, 1.165) is 19.6 Å². The van der Waals surface area contributed by atoms with E-state index in [0.29, 0.717) is 30.5 Å². The van der Waals surface area contributed by atoms with Crippen LogP contribution in [0.4, 0.5) is 0 Å². The molecule has 2 heterocycles. The van der Waals surface area contributed by atoms with E-state index in [1.54, 1.807) is 12.1 Å². The molecule has 27 heavy (non-hydrogen) atoms. The molecular formula is C17H25N5O4S. The number of sulfonamides is 1. The van der Waals surface area contributed by atoms with E-state index in [9.17, 15) is 8.42 Å². The van der Waals surface area contributed by atoms with Crippen LogP contribution in [0.1, 0.15) is 24.7 Å². The third-order valence-corrected chi connectivity index (χ3v) is 5.85. The predicted molar refractivity (Wildman–Crippen MR) is 99.0 cm³/mol. The number of rotatable bonds is 8. The summed E-state index contributed by atoms with van der Waals surface area (Å²) in [5, 5.41) is 7.33. The van der Waals surface area contributed by atoms with Crippen LogP contribution >= 0.6 is 0 Å². The Morgan fingerprint density at radius 3 is 2.85 bits per heavy atom. The number of benzene rings is 1. The predicted octanol–water partition coefficient (Wildman–Crippen LogP) is 0.565. The second-order valence-corrected chi connectivity index (χ2v) is 8.07. The Balaban J connectivity index is 1.54. The number of nitrogens with zero attached hydrogens (tertiary/aromatic N) is 3. The Morgan fingerprint density at radius 1 is 1.37 bits per heavy atom. The summed E-state index contributed by atoms with van der Waals surface area (Å²) in [6.07, 6.45) is 0.327. The number of nitrogens with one attached hydrogen (secondary N) is 2. The summed E-state index contributed by atoms with van der Waals surface area (Å²) in [4.78, 5) is 6.75. The minimum Gasteiger partial charge on any atom is -0.494 e. The van der Waals surface area contributed by atoms with Crippen LogP contribution in [0.15, 0.2) is 33.7 Å². The van der Waals surface area contributed by atoms with Gasteiger partial charge in [0.05, 0.1) is 17.5 Å². The van der Waals surface area contributed by atoms with E-state index in [1.165, 1.54) is 12.1 Å². The first kappa shape index (κ1) is 19.7. The molecule has 1 saturated heterocycles. The standard InChI is InChI=1S/C17H25N5O4S/c1-3-25-13-4-6-14(7-5-13)27(23,24)19-9-8-16-20-17(21-26-16)15-12-18-10-11-22(15)2/h4-7,15,18-19H,3,8-12H2,1-2H3. The van der Waals surface area contributed by atoms with Crippen LogP contribution in [0.3, 0.4) is 0 Å². The Morgan fingerprint density at radius 2 is 2.15 bits per heavy atom. The Bertz CT molecular complexity index is 837. The van der Waals surface area contributed by atoms with Gasteiger partial charge in [0.2, 0.25) is 15.9 Å². The van der Waals surface area contributed by atoms with Crippen molar-refractivity contribution in [2.45, 2.75) is 24.3 Å². The minimum atomic E-state index is -3.60. The van der Waals surface area contributed by atoms with Crippen molar-refractivity contribution in [1.29, 1.82) is 0 Å². The number of piperazine rings is 1. The largest absolute Gasteiger partial charge is 0.494 e. The van der Waals surface area contributed by atoms with Gasteiger partial charge in [0.1, 0.15) is 5.75 Å². The van der Waals surface area contributed by atoms with Crippen LogP contribution in [0.25, 0.3) is 0 Å². The smallest absolute Gasteiger partial charge is 0.240 e. The number of likely N-dealkylation sites (N-methyl/N-ethyl adjacent to an activating group) is 1. The van der Waals surface area contributed by atoms with Crippen LogP contribution in [0.2, 0.25) is 0 Å². The SMILES string of the molecule is CCOc1ccc(S(=O)(=O)NCCc2nc(C3CNCCN3C)no2)cc1. The van der Waals surface area contributed by atoms with Gasteiger partial charge in [0.15, 0.2) is 5.82 Å². The quantitative estimate of drug-likeness (QED) is 0.667. The van der Waals surface area contributed by atoms with Crippen molar-refractivity contribution in [3.05, 3.63) is 36.0 Å². The van der Waals surface area contributed by atoms with Gasteiger partial charge in [-0.25, -0.2) is 13.1 Å². The molecule has 10 heteroatoms. The molecule has 0 radical (unpaired) electrons. The van der Waals surface area contributed by atoms with Gasteiger partial charge in [-0.3, -0.25) is 4.90 Å². The summed E-state index contributed by atoms with van der Waals surface area (Å²) in [7, 11) is -1.58. The molecule has 0 saturated carbocycles. The Hall–Kier alpha value is -2.01. The molecule has 1 aromatic carbocycles. The monoisotopic (exact) mass is 395 g/mol. The summed E-state index contributed by atoms with van der Waals surface area (Å²) < 4.78 is 37.8. The van der Waals surface area contributed by atoms with Crippen molar-refractivity contribution >= 4 is 10.0 Å². The van der Waals surface area contributed by atoms with E-state index in [4.69, 9.17) is 9.26 Å². The van der Waals surface area contributed by atoms with Crippen LogP contribution in [-0.4, -0.2) is 63.3 Å². The molecule has 148 valence electrons. The zero-order valence-electron chi connectivity index (χ0n) is 15.5. The highest BCUT2D eigenvalue weighted by molar-refractivity contribution is 7.89. The van der Waals surface area contributed by atoms with Gasteiger partial charge in [-0.05, 0) is 38.2 Å². The van der Waals surface area contributed by atoms with Gasteiger partial charge in [0.25, 0.3) is 0 Å².